The number of nitrogens with one attached hydrogen (secondary N) is 3. The molecule has 3 N–H and O–H groups in total. The van der Waals surface area contributed by atoms with E-state index in [4.69, 9.17) is 9.47 Å². The molecule has 0 saturated carbocycles. The molecule has 180 valence electrons. The summed E-state index contributed by atoms with van der Waals surface area (Å²) in [5.74, 6) is 0.602. The second-order valence-corrected chi connectivity index (χ2v) is 8.75. The van der Waals surface area contributed by atoms with Gasteiger partial charge in [-0.2, -0.15) is 4.98 Å². The Balaban J connectivity index is 1.55. The first-order chi connectivity index (χ1) is 16.9. The van der Waals surface area contributed by atoms with E-state index in [0.717, 1.165) is 11.1 Å². The highest BCUT2D eigenvalue weighted by molar-refractivity contribution is 7.20. The SMILES string of the molecule is COCc1nc(OC)c2c(C)c(C(=O)Nc3cc(NC(=O)Nc4ccccc4)ccc3C)sc2n1. The molecule has 0 radical (unpaired) electrons. The fourth-order valence-electron chi connectivity index (χ4n) is 3.53. The molecule has 0 saturated heterocycles. The number of aryl methyl sites for hydroxylation is 2. The number of rotatable bonds is 7. The maximum absolute atomic E-state index is 13.2. The lowest BCUT2D eigenvalue weighted by Gasteiger charge is -2.12. The molecule has 3 amide bonds. The fraction of sp³-hybridized carbons (Fsp3) is 0.200. The minimum Gasteiger partial charge on any atom is -0.480 e. The van der Waals surface area contributed by atoms with E-state index in [-0.39, 0.29) is 18.5 Å². The quantitative estimate of drug-likeness (QED) is 0.321. The lowest BCUT2D eigenvalue weighted by Crippen LogP contribution is -2.19. The van der Waals surface area contributed by atoms with Gasteiger partial charge in [0, 0.05) is 24.2 Å². The first kappa shape index (κ1) is 24.1. The van der Waals surface area contributed by atoms with Crippen LogP contribution in [0.15, 0.2) is 48.5 Å². The molecule has 0 atom stereocenters. The largest absolute Gasteiger partial charge is 0.480 e. The lowest BCUT2D eigenvalue weighted by molar-refractivity contribution is 0.103. The van der Waals surface area contributed by atoms with Crippen molar-refractivity contribution in [1.29, 1.82) is 0 Å². The third kappa shape index (κ3) is 5.39. The Labute approximate surface area is 206 Å². The van der Waals surface area contributed by atoms with Gasteiger partial charge in [-0.3, -0.25) is 4.79 Å². The number of aromatic nitrogens is 2. The van der Waals surface area contributed by atoms with Crippen molar-refractivity contribution in [2.45, 2.75) is 20.5 Å². The predicted octanol–water partition coefficient (Wildman–Crippen LogP) is 5.36. The van der Waals surface area contributed by atoms with Crippen LogP contribution in [-0.4, -0.2) is 36.1 Å². The van der Waals surface area contributed by atoms with E-state index < -0.39 is 0 Å². The van der Waals surface area contributed by atoms with Crippen molar-refractivity contribution in [2.24, 2.45) is 0 Å². The first-order valence-electron chi connectivity index (χ1n) is 10.8. The van der Waals surface area contributed by atoms with E-state index in [9.17, 15) is 9.59 Å². The summed E-state index contributed by atoms with van der Waals surface area (Å²) in [6, 6.07) is 14.1. The average Bonchev–Trinajstić information content (AvgIpc) is 3.18. The Morgan fingerprint density at radius 2 is 1.69 bits per heavy atom. The molecular weight excluding hydrogens is 466 g/mol. The second-order valence-electron chi connectivity index (χ2n) is 7.75. The van der Waals surface area contributed by atoms with E-state index in [1.54, 1.807) is 31.4 Å². The molecule has 2 aromatic heterocycles. The van der Waals surface area contributed by atoms with Crippen molar-refractivity contribution in [2.75, 3.05) is 30.2 Å². The Morgan fingerprint density at radius 1 is 0.943 bits per heavy atom. The van der Waals surface area contributed by atoms with Crippen LogP contribution in [0.2, 0.25) is 0 Å². The zero-order chi connectivity index (χ0) is 24.9. The normalized spacial score (nSPS) is 10.7. The summed E-state index contributed by atoms with van der Waals surface area (Å²) in [7, 11) is 3.10. The Bertz CT molecular complexity index is 1390. The van der Waals surface area contributed by atoms with Crippen LogP contribution in [-0.2, 0) is 11.3 Å². The van der Waals surface area contributed by atoms with Gasteiger partial charge in [-0.25, -0.2) is 9.78 Å². The van der Waals surface area contributed by atoms with Gasteiger partial charge in [0.25, 0.3) is 5.91 Å². The molecule has 2 heterocycles. The number of ether oxygens (including phenoxy) is 2. The minimum absolute atomic E-state index is 0.238. The number of anilines is 3. The third-order valence-electron chi connectivity index (χ3n) is 5.25. The van der Waals surface area contributed by atoms with Gasteiger partial charge in [0.1, 0.15) is 11.4 Å². The monoisotopic (exact) mass is 491 g/mol. The Morgan fingerprint density at radius 3 is 2.40 bits per heavy atom. The zero-order valence-corrected chi connectivity index (χ0v) is 20.6. The van der Waals surface area contributed by atoms with Crippen LogP contribution in [0, 0.1) is 13.8 Å². The van der Waals surface area contributed by atoms with Crippen molar-refractivity contribution < 1.29 is 19.1 Å². The maximum Gasteiger partial charge on any atom is 0.323 e. The van der Waals surface area contributed by atoms with Crippen LogP contribution >= 0.6 is 11.3 Å². The number of amides is 3. The minimum atomic E-state index is -0.379. The van der Waals surface area contributed by atoms with Gasteiger partial charge in [0.2, 0.25) is 5.88 Å². The summed E-state index contributed by atoms with van der Waals surface area (Å²) in [6.45, 7) is 3.96. The molecule has 0 aliphatic carbocycles. The summed E-state index contributed by atoms with van der Waals surface area (Å²) >= 11 is 1.26. The fourth-order valence-corrected chi connectivity index (χ4v) is 4.62. The van der Waals surface area contributed by atoms with Crippen LogP contribution in [0.1, 0.15) is 26.6 Å². The highest BCUT2D eigenvalue weighted by Crippen LogP contribution is 2.35. The number of benzene rings is 2. The van der Waals surface area contributed by atoms with Gasteiger partial charge < -0.3 is 25.4 Å². The Kier molecular flexibility index (Phi) is 7.23. The van der Waals surface area contributed by atoms with Crippen molar-refractivity contribution in [3.63, 3.8) is 0 Å². The zero-order valence-electron chi connectivity index (χ0n) is 19.8. The smallest absolute Gasteiger partial charge is 0.323 e. The number of carbonyl (C=O) groups is 2. The Hall–Kier alpha value is -4.02. The van der Waals surface area contributed by atoms with Crippen LogP contribution in [0.4, 0.5) is 21.9 Å². The van der Waals surface area contributed by atoms with Crippen LogP contribution < -0.4 is 20.7 Å². The van der Waals surface area contributed by atoms with Gasteiger partial charge in [-0.1, -0.05) is 24.3 Å². The highest BCUT2D eigenvalue weighted by Gasteiger charge is 2.22. The molecule has 2 aromatic carbocycles. The third-order valence-corrected chi connectivity index (χ3v) is 6.44. The van der Waals surface area contributed by atoms with Crippen LogP contribution in [0.5, 0.6) is 5.88 Å². The molecule has 35 heavy (non-hydrogen) atoms. The highest BCUT2D eigenvalue weighted by atomic mass is 32.1. The number of hydrogen-bond donors (Lipinski definition) is 3. The summed E-state index contributed by atoms with van der Waals surface area (Å²) in [4.78, 5) is 35.6. The van der Waals surface area contributed by atoms with E-state index in [0.29, 0.717) is 43.9 Å². The first-order valence-corrected chi connectivity index (χ1v) is 11.6. The van der Waals surface area contributed by atoms with Crippen molar-refractivity contribution in [1.82, 2.24) is 9.97 Å². The number of thiophene rings is 1. The molecular formula is C25H25N5O4S. The van der Waals surface area contributed by atoms with Gasteiger partial charge >= 0.3 is 6.03 Å². The van der Waals surface area contributed by atoms with Gasteiger partial charge in [-0.15, -0.1) is 11.3 Å². The summed E-state index contributed by atoms with van der Waals surface area (Å²) in [6.07, 6.45) is 0. The standard InChI is InChI=1S/C25H25N5O4S/c1-14-10-11-17(27-25(32)26-16-8-6-5-7-9-16)12-18(14)28-22(31)21-15(2)20-23(34-4)29-19(13-33-3)30-24(20)35-21/h5-12H,13H2,1-4H3,(H,28,31)(H2,26,27,32). The number of nitrogens with zero attached hydrogens (tertiary/aromatic N) is 2. The molecule has 0 aliphatic heterocycles. The van der Waals surface area contributed by atoms with Crippen LogP contribution in [0.3, 0.4) is 0 Å². The number of carbonyl (C=O) groups excluding carboxylic acids is 2. The molecule has 0 unspecified atom stereocenters. The van der Waals surface area contributed by atoms with Gasteiger partial charge in [-0.05, 0) is 49.2 Å². The van der Waals surface area contributed by atoms with Crippen LogP contribution in [0.25, 0.3) is 10.2 Å². The van der Waals surface area contributed by atoms with Crippen molar-refractivity contribution in [3.8, 4) is 5.88 Å². The number of para-hydroxylation sites is 1. The molecule has 0 bridgehead atoms. The van der Waals surface area contributed by atoms with Gasteiger partial charge in [0.05, 0.1) is 17.4 Å². The summed E-state index contributed by atoms with van der Waals surface area (Å²) < 4.78 is 10.6. The van der Waals surface area contributed by atoms with E-state index in [2.05, 4.69) is 25.9 Å². The van der Waals surface area contributed by atoms with E-state index in [1.165, 1.54) is 18.4 Å². The molecule has 4 rings (SSSR count). The maximum atomic E-state index is 13.2. The molecule has 0 aliphatic rings. The topological polar surface area (TPSA) is 114 Å². The molecule has 10 heteroatoms. The molecule has 4 aromatic rings. The molecule has 0 fully saturated rings. The van der Waals surface area contributed by atoms with Gasteiger partial charge in [0.15, 0.2) is 5.82 Å². The number of urea groups is 1. The van der Waals surface area contributed by atoms with Crippen molar-refractivity contribution in [3.05, 3.63) is 70.4 Å². The van der Waals surface area contributed by atoms with Crippen molar-refractivity contribution >= 4 is 50.6 Å². The summed E-state index contributed by atoms with van der Waals surface area (Å²) in [5.41, 5.74) is 3.40. The second kappa shape index (κ2) is 10.5. The number of fused-ring (bicyclic) bond motifs is 1. The summed E-state index contributed by atoms with van der Waals surface area (Å²) in [5, 5.41) is 9.22. The predicted molar refractivity (Wildman–Crippen MR) is 138 cm³/mol. The molecule has 9 nitrogen and oxygen atoms in total. The number of methoxy groups -OCH3 is 2. The molecule has 0 spiro atoms. The van der Waals surface area contributed by atoms with E-state index >= 15 is 0 Å². The number of hydrogen-bond acceptors (Lipinski definition) is 7. The lowest BCUT2D eigenvalue weighted by atomic mass is 10.1. The van der Waals surface area contributed by atoms with E-state index in [1.807, 2.05) is 38.1 Å². The average molecular weight is 492 g/mol.